The normalized spacial score (nSPS) is 35.9. The Morgan fingerprint density at radius 1 is 1.15 bits per heavy atom. The maximum absolute atomic E-state index is 3.87. The fourth-order valence-corrected chi connectivity index (χ4v) is 3.96. The van der Waals surface area contributed by atoms with E-state index in [2.05, 4.69) is 77.5 Å². The maximum Gasteiger partial charge on any atom is -0.000579 e. The largest absolute Gasteiger partial charge is 0.0799 e. The first-order chi connectivity index (χ1) is 9.46. The van der Waals surface area contributed by atoms with E-state index in [1.807, 2.05) is 0 Å². The monoisotopic (exact) mass is 264 g/mol. The van der Waals surface area contributed by atoms with Crippen LogP contribution in [0.15, 0.2) is 42.0 Å². The van der Waals surface area contributed by atoms with Gasteiger partial charge in [-0.15, -0.1) is 0 Å². The van der Waals surface area contributed by atoms with Crippen LogP contribution in [0.25, 0.3) is 0 Å². The first kappa shape index (κ1) is 13.7. The zero-order chi connectivity index (χ0) is 14.5. The molecule has 1 aromatic carbocycles. The molecule has 0 heterocycles. The van der Waals surface area contributed by atoms with E-state index >= 15 is 0 Å². The summed E-state index contributed by atoms with van der Waals surface area (Å²) in [6, 6.07) is 6.69. The second-order valence-electron chi connectivity index (χ2n) is 6.72. The zero-order valence-corrected chi connectivity index (χ0v) is 13.2. The minimum atomic E-state index is 0.232. The third kappa shape index (κ3) is 1.74. The SMILES string of the molecule is CC1=CC=CC2[C]C(c3cccc(C)c3C)C(C)C12C. The molecule has 0 aliphatic heterocycles. The van der Waals surface area contributed by atoms with Crippen LogP contribution in [-0.4, -0.2) is 0 Å². The number of fused-ring (bicyclic) bond motifs is 1. The molecule has 4 unspecified atom stereocenters. The lowest BCUT2D eigenvalue weighted by Gasteiger charge is -2.38. The van der Waals surface area contributed by atoms with Crippen molar-refractivity contribution in [3.8, 4) is 0 Å². The van der Waals surface area contributed by atoms with Crippen LogP contribution < -0.4 is 0 Å². The molecule has 2 aliphatic rings. The Bertz CT molecular complexity index is 590. The molecule has 3 rings (SSSR count). The van der Waals surface area contributed by atoms with Gasteiger partial charge < -0.3 is 0 Å². The molecule has 1 aromatic rings. The number of aryl methyl sites for hydroxylation is 1. The smallest absolute Gasteiger partial charge is 0.000579 e. The van der Waals surface area contributed by atoms with Gasteiger partial charge in [-0.25, -0.2) is 0 Å². The second-order valence-corrected chi connectivity index (χ2v) is 6.72. The van der Waals surface area contributed by atoms with Gasteiger partial charge in [0.05, 0.1) is 0 Å². The Morgan fingerprint density at radius 2 is 1.90 bits per heavy atom. The highest BCUT2D eigenvalue weighted by Crippen LogP contribution is 2.59. The molecule has 0 heteroatoms. The molecular weight excluding hydrogens is 240 g/mol. The molecule has 1 saturated carbocycles. The molecule has 4 atom stereocenters. The quantitative estimate of drug-likeness (QED) is 0.649. The van der Waals surface area contributed by atoms with Crippen molar-refractivity contribution in [1.82, 2.24) is 0 Å². The minimum Gasteiger partial charge on any atom is -0.0799 e. The summed E-state index contributed by atoms with van der Waals surface area (Å²) in [5.41, 5.74) is 6.02. The summed E-state index contributed by atoms with van der Waals surface area (Å²) in [6.45, 7) is 11.5. The standard InChI is InChI=1S/C20H24/c1-13-8-6-11-18(15(13)3)19-12-17-10-7-9-14(2)20(17,5)16(19)4/h6-11,16-17,19H,1-5H3. The number of benzene rings is 1. The number of hydrogen-bond donors (Lipinski definition) is 0. The van der Waals surface area contributed by atoms with E-state index in [9.17, 15) is 0 Å². The van der Waals surface area contributed by atoms with E-state index in [4.69, 9.17) is 0 Å². The van der Waals surface area contributed by atoms with Crippen molar-refractivity contribution in [2.24, 2.45) is 17.3 Å². The van der Waals surface area contributed by atoms with Crippen LogP contribution in [0.5, 0.6) is 0 Å². The summed E-state index contributed by atoms with van der Waals surface area (Å²) in [6.07, 6.45) is 10.7. The van der Waals surface area contributed by atoms with Crippen LogP contribution in [0.2, 0.25) is 0 Å². The van der Waals surface area contributed by atoms with Crippen LogP contribution in [0.4, 0.5) is 0 Å². The van der Waals surface area contributed by atoms with Crippen LogP contribution in [0.3, 0.4) is 0 Å². The number of allylic oxidation sites excluding steroid dienone is 4. The average molecular weight is 264 g/mol. The van der Waals surface area contributed by atoms with Gasteiger partial charge in [-0.2, -0.15) is 0 Å². The number of hydrogen-bond acceptors (Lipinski definition) is 0. The van der Waals surface area contributed by atoms with Crippen molar-refractivity contribution < 1.29 is 0 Å². The first-order valence-electron chi connectivity index (χ1n) is 7.64. The predicted octanol–water partition coefficient (Wildman–Crippen LogP) is 5.26. The summed E-state index contributed by atoms with van der Waals surface area (Å²) in [5.74, 6) is 1.48. The molecule has 0 amide bonds. The highest BCUT2D eigenvalue weighted by atomic mass is 14.5. The Balaban J connectivity index is 2.04. The van der Waals surface area contributed by atoms with Gasteiger partial charge in [0.2, 0.25) is 0 Å². The lowest BCUT2D eigenvalue weighted by Crippen LogP contribution is -2.30. The summed E-state index contributed by atoms with van der Waals surface area (Å²) in [5, 5.41) is 0. The topological polar surface area (TPSA) is 0 Å². The average Bonchev–Trinajstić information content (AvgIpc) is 2.68. The molecule has 20 heavy (non-hydrogen) atoms. The minimum absolute atomic E-state index is 0.232. The van der Waals surface area contributed by atoms with Gasteiger partial charge in [-0.1, -0.05) is 55.8 Å². The van der Waals surface area contributed by atoms with Gasteiger partial charge in [0.25, 0.3) is 0 Å². The van der Waals surface area contributed by atoms with E-state index in [1.54, 1.807) is 0 Å². The predicted molar refractivity (Wildman–Crippen MR) is 85.6 cm³/mol. The summed E-state index contributed by atoms with van der Waals surface area (Å²) < 4.78 is 0. The van der Waals surface area contributed by atoms with Gasteiger partial charge in [0.1, 0.15) is 0 Å². The van der Waals surface area contributed by atoms with Crippen molar-refractivity contribution in [3.05, 3.63) is 65.1 Å². The highest BCUT2D eigenvalue weighted by Gasteiger charge is 2.51. The van der Waals surface area contributed by atoms with E-state index in [1.165, 1.54) is 22.3 Å². The molecule has 0 saturated heterocycles. The Kier molecular flexibility index (Phi) is 3.16. The molecule has 0 aromatic heterocycles. The van der Waals surface area contributed by atoms with Crippen LogP contribution in [-0.2, 0) is 0 Å². The Labute approximate surface area is 123 Å². The number of rotatable bonds is 1. The molecular formula is C20H24. The van der Waals surface area contributed by atoms with E-state index < -0.39 is 0 Å². The lowest BCUT2D eigenvalue weighted by molar-refractivity contribution is 0.250. The molecule has 104 valence electrons. The summed E-state index contributed by atoms with van der Waals surface area (Å²) in [7, 11) is 0. The molecule has 2 aliphatic carbocycles. The molecule has 0 spiro atoms. The van der Waals surface area contributed by atoms with E-state index in [0.29, 0.717) is 17.8 Å². The highest BCUT2D eigenvalue weighted by molar-refractivity contribution is 5.43. The Morgan fingerprint density at radius 3 is 2.60 bits per heavy atom. The fraction of sp³-hybridized carbons (Fsp3) is 0.450. The lowest BCUT2D eigenvalue weighted by atomic mass is 9.66. The van der Waals surface area contributed by atoms with Crippen LogP contribution in [0, 0.1) is 37.5 Å². The van der Waals surface area contributed by atoms with Crippen molar-refractivity contribution >= 4 is 0 Å². The molecule has 0 N–H and O–H groups in total. The van der Waals surface area contributed by atoms with Gasteiger partial charge in [-0.3, -0.25) is 0 Å². The maximum atomic E-state index is 3.87. The molecule has 1 fully saturated rings. The third-order valence-corrected chi connectivity index (χ3v) is 5.93. The van der Waals surface area contributed by atoms with Crippen molar-refractivity contribution in [3.63, 3.8) is 0 Å². The van der Waals surface area contributed by atoms with Crippen molar-refractivity contribution in [1.29, 1.82) is 0 Å². The Hall–Kier alpha value is -1.30. The fourth-order valence-electron chi connectivity index (χ4n) is 3.96. The van der Waals surface area contributed by atoms with Gasteiger partial charge in [0, 0.05) is 0 Å². The summed E-state index contributed by atoms with van der Waals surface area (Å²) >= 11 is 0. The van der Waals surface area contributed by atoms with E-state index in [0.717, 1.165) is 0 Å². The third-order valence-electron chi connectivity index (χ3n) is 5.93. The first-order valence-corrected chi connectivity index (χ1v) is 7.64. The second kappa shape index (κ2) is 4.62. The molecule has 0 bridgehead atoms. The van der Waals surface area contributed by atoms with Gasteiger partial charge in [0.15, 0.2) is 0 Å². The summed E-state index contributed by atoms with van der Waals surface area (Å²) in [4.78, 5) is 0. The van der Waals surface area contributed by atoms with Crippen LogP contribution in [0.1, 0.15) is 43.4 Å². The van der Waals surface area contributed by atoms with Gasteiger partial charge in [-0.05, 0) is 67.1 Å². The van der Waals surface area contributed by atoms with E-state index in [-0.39, 0.29) is 5.41 Å². The molecule has 0 nitrogen and oxygen atoms in total. The van der Waals surface area contributed by atoms with Crippen molar-refractivity contribution in [2.75, 3.05) is 0 Å². The van der Waals surface area contributed by atoms with Crippen molar-refractivity contribution in [2.45, 2.75) is 40.5 Å². The molecule has 2 radical (unpaired) electrons. The van der Waals surface area contributed by atoms with Crippen LogP contribution >= 0.6 is 0 Å². The zero-order valence-electron chi connectivity index (χ0n) is 13.2. The van der Waals surface area contributed by atoms with Gasteiger partial charge >= 0.3 is 0 Å².